The van der Waals surface area contributed by atoms with Crippen molar-refractivity contribution in [1.29, 1.82) is 0 Å². The molecule has 0 spiro atoms. The van der Waals surface area contributed by atoms with Crippen LogP contribution < -0.4 is 4.74 Å². The molecule has 30 heavy (non-hydrogen) atoms. The molecule has 1 saturated carbocycles. The summed E-state index contributed by atoms with van der Waals surface area (Å²) in [5, 5.41) is 0. The molecule has 2 fully saturated rings. The number of hydrogen-bond acceptors (Lipinski definition) is 4. The minimum Gasteiger partial charge on any atom is -0.425 e. The van der Waals surface area contributed by atoms with Crippen LogP contribution in [0.1, 0.15) is 17.5 Å². The molecule has 1 aromatic carbocycles. The first kappa shape index (κ1) is 20.4. The number of hydrogen-bond donors (Lipinski definition) is 0. The van der Waals surface area contributed by atoms with Gasteiger partial charge in [-0.05, 0) is 36.5 Å². The number of imide groups is 1. The number of carbonyl (C=O) groups excluding carboxylic acids is 3. The van der Waals surface area contributed by atoms with E-state index in [9.17, 15) is 40.7 Å². The first-order valence-corrected chi connectivity index (χ1v) is 8.90. The first-order chi connectivity index (χ1) is 13.9. The van der Waals surface area contributed by atoms with Crippen LogP contribution in [0.3, 0.4) is 0 Å². The number of esters is 1. The number of nitrogens with zero attached hydrogens (tertiary/aromatic N) is 1. The lowest BCUT2D eigenvalue weighted by Gasteiger charge is -2.17. The van der Waals surface area contributed by atoms with E-state index >= 15 is 0 Å². The molecule has 0 aromatic heterocycles. The van der Waals surface area contributed by atoms with Crippen LogP contribution in [0.2, 0.25) is 0 Å². The van der Waals surface area contributed by atoms with Crippen molar-refractivity contribution in [3.63, 3.8) is 0 Å². The number of fused-ring (bicyclic) bond motifs is 5. The van der Waals surface area contributed by atoms with Gasteiger partial charge < -0.3 is 4.74 Å². The number of allylic oxidation sites excluding steroid dienone is 2. The molecule has 11 heteroatoms. The molecular formula is C19H13F6NO4. The fourth-order valence-corrected chi connectivity index (χ4v) is 4.40. The molecule has 1 heterocycles. The molecule has 2 amide bonds. The van der Waals surface area contributed by atoms with E-state index in [1.165, 1.54) is 0 Å². The Hall–Kier alpha value is -2.85. The Labute approximate surface area is 165 Å². The minimum absolute atomic E-state index is 0.102. The fraction of sp³-hybridized carbons (Fsp3) is 0.421. The summed E-state index contributed by atoms with van der Waals surface area (Å²) in [6, 6.07) is 0.397. The van der Waals surface area contributed by atoms with E-state index in [2.05, 4.69) is 4.74 Å². The lowest BCUT2D eigenvalue weighted by atomic mass is 9.85. The molecule has 1 saturated heterocycles. The van der Waals surface area contributed by atoms with Crippen LogP contribution >= 0.6 is 0 Å². The van der Waals surface area contributed by atoms with E-state index in [1.807, 2.05) is 12.2 Å². The summed E-state index contributed by atoms with van der Waals surface area (Å²) >= 11 is 0. The van der Waals surface area contributed by atoms with Gasteiger partial charge in [-0.1, -0.05) is 12.2 Å². The van der Waals surface area contributed by atoms with E-state index in [1.54, 1.807) is 0 Å². The highest BCUT2D eigenvalue weighted by Gasteiger charge is 2.59. The summed E-state index contributed by atoms with van der Waals surface area (Å²) in [7, 11) is 0. The summed E-state index contributed by atoms with van der Waals surface area (Å²) in [4.78, 5) is 37.8. The molecule has 1 aromatic rings. The maximum Gasteiger partial charge on any atom is 0.416 e. The molecule has 2 aliphatic carbocycles. The molecule has 1 aliphatic heterocycles. The number of amides is 2. The first-order valence-electron chi connectivity index (χ1n) is 8.90. The number of alkyl halides is 6. The molecule has 3 aliphatic rings. The third-order valence-electron chi connectivity index (χ3n) is 5.64. The van der Waals surface area contributed by atoms with E-state index in [-0.39, 0.29) is 30.0 Å². The van der Waals surface area contributed by atoms with Gasteiger partial charge in [-0.3, -0.25) is 14.5 Å². The van der Waals surface area contributed by atoms with Gasteiger partial charge in [0, 0.05) is 0 Å². The van der Waals surface area contributed by atoms with Crippen molar-refractivity contribution in [2.75, 3.05) is 6.54 Å². The SMILES string of the molecule is O=C(CN1C(=O)[C@@H]2[C@H](C1=O)[C@H]1C=C[C@H]2C1)Oc1cc(C(F)(F)F)cc(C(F)(F)F)c1. The van der Waals surface area contributed by atoms with Gasteiger partial charge in [0.05, 0.1) is 23.0 Å². The summed E-state index contributed by atoms with van der Waals surface area (Å²) in [6.45, 7) is -0.887. The molecule has 4 rings (SSSR count). The van der Waals surface area contributed by atoms with E-state index < -0.39 is 65.4 Å². The zero-order valence-electron chi connectivity index (χ0n) is 15.0. The van der Waals surface area contributed by atoms with Gasteiger partial charge >= 0.3 is 18.3 Å². The molecule has 4 atom stereocenters. The Balaban J connectivity index is 1.52. The maximum absolute atomic E-state index is 12.9. The highest BCUT2D eigenvalue weighted by atomic mass is 19.4. The average molecular weight is 433 g/mol. The van der Waals surface area contributed by atoms with Crippen LogP contribution in [0.15, 0.2) is 30.4 Å². The number of likely N-dealkylation sites (tertiary alicyclic amines) is 1. The molecule has 0 N–H and O–H groups in total. The maximum atomic E-state index is 12.9. The summed E-state index contributed by atoms with van der Waals surface area (Å²) in [5.41, 5.74) is -3.30. The monoisotopic (exact) mass is 433 g/mol. The van der Waals surface area contributed by atoms with Crippen LogP contribution in [0.25, 0.3) is 0 Å². The van der Waals surface area contributed by atoms with Gasteiger partial charge in [-0.25, -0.2) is 4.79 Å². The standard InChI is InChI=1S/C19H13F6NO4/c20-18(21,22)10-4-11(19(23,24)25)6-12(5-10)30-13(27)7-26-16(28)14-8-1-2-9(3-8)15(14)17(26)29/h1-2,4-6,8-9,14-15H,3,7H2/t8-,9-,14-,15+/m0/s1. The van der Waals surface area contributed by atoms with Crippen molar-refractivity contribution in [3.8, 4) is 5.75 Å². The largest absolute Gasteiger partial charge is 0.425 e. The predicted octanol–water partition coefficient (Wildman–Crippen LogP) is 3.44. The van der Waals surface area contributed by atoms with Crippen molar-refractivity contribution >= 4 is 17.8 Å². The molecule has 5 nitrogen and oxygen atoms in total. The Morgan fingerprint density at radius 1 is 0.900 bits per heavy atom. The molecule has 160 valence electrons. The van der Waals surface area contributed by atoms with Gasteiger partial charge in [0.1, 0.15) is 12.3 Å². The summed E-state index contributed by atoms with van der Waals surface area (Å²) in [5.74, 6) is -4.88. The second-order valence-corrected chi connectivity index (χ2v) is 7.48. The second-order valence-electron chi connectivity index (χ2n) is 7.48. The number of ether oxygens (including phenoxy) is 1. The van der Waals surface area contributed by atoms with Crippen LogP contribution in [0.4, 0.5) is 26.3 Å². The van der Waals surface area contributed by atoms with Crippen LogP contribution in [0, 0.1) is 23.7 Å². The quantitative estimate of drug-likeness (QED) is 0.241. The van der Waals surface area contributed by atoms with Crippen molar-refractivity contribution < 1.29 is 45.5 Å². The highest BCUT2D eigenvalue weighted by Crippen LogP contribution is 2.52. The van der Waals surface area contributed by atoms with Crippen LogP contribution in [-0.2, 0) is 26.7 Å². The summed E-state index contributed by atoms with van der Waals surface area (Å²) < 4.78 is 82.1. The Kier molecular flexibility index (Phi) is 4.48. The normalized spacial score (nSPS) is 27.7. The zero-order valence-corrected chi connectivity index (χ0v) is 15.0. The lowest BCUT2D eigenvalue weighted by Crippen LogP contribution is -2.38. The lowest BCUT2D eigenvalue weighted by molar-refractivity contribution is -0.148. The Morgan fingerprint density at radius 2 is 1.37 bits per heavy atom. The topological polar surface area (TPSA) is 63.7 Å². The van der Waals surface area contributed by atoms with Gasteiger partial charge in [0.2, 0.25) is 11.8 Å². The number of carbonyl (C=O) groups is 3. The van der Waals surface area contributed by atoms with Gasteiger partial charge in [0.15, 0.2) is 0 Å². The molecule has 0 unspecified atom stereocenters. The third-order valence-corrected chi connectivity index (χ3v) is 5.64. The van der Waals surface area contributed by atoms with E-state index in [0.717, 1.165) is 0 Å². The number of halogens is 6. The summed E-state index contributed by atoms with van der Waals surface area (Å²) in [6.07, 6.45) is -5.88. The van der Waals surface area contributed by atoms with Crippen molar-refractivity contribution in [1.82, 2.24) is 4.90 Å². The van der Waals surface area contributed by atoms with Crippen molar-refractivity contribution in [2.24, 2.45) is 23.7 Å². The van der Waals surface area contributed by atoms with Crippen molar-refractivity contribution in [3.05, 3.63) is 41.5 Å². The van der Waals surface area contributed by atoms with Gasteiger partial charge in [-0.15, -0.1) is 0 Å². The second kappa shape index (κ2) is 6.58. The highest BCUT2D eigenvalue weighted by molar-refractivity contribution is 6.08. The van der Waals surface area contributed by atoms with E-state index in [0.29, 0.717) is 11.3 Å². The molecule has 2 bridgehead atoms. The minimum atomic E-state index is -5.10. The smallest absolute Gasteiger partial charge is 0.416 e. The van der Waals surface area contributed by atoms with Gasteiger partial charge in [0.25, 0.3) is 0 Å². The van der Waals surface area contributed by atoms with Crippen LogP contribution in [-0.4, -0.2) is 29.2 Å². The van der Waals surface area contributed by atoms with Crippen LogP contribution in [0.5, 0.6) is 5.75 Å². The zero-order chi connectivity index (χ0) is 22.0. The predicted molar refractivity (Wildman–Crippen MR) is 86.5 cm³/mol. The van der Waals surface area contributed by atoms with Crippen molar-refractivity contribution in [2.45, 2.75) is 18.8 Å². The third kappa shape index (κ3) is 3.35. The Bertz CT molecular complexity index is 905. The van der Waals surface area contributed by atoms with Gasteiger partial charge in [-0.2, -0.15) is 26.3 Å². The average Bonchev–Trinajstić information content (AvgIpc) is 3.30. The molecule has 0 radical (unpaired) electrons. The fourth-order valence-electron chi connectivity index (χ4n) is 4.40. The number of rotatable bonds is 3. The molecular weight excluding hydrogens is 420 g/mol. The van der Waals surface area contributed by atoms with E-state index in [4.69, 9.17) is 0 Å². The Morgan fingerprint density at radius 3 is 1.80 bits per heavy atom. The number of benzene rings is 1.